The highest BCUT2D eigenvalue weighted by Gasteiger charge is 2.53. The third-order valence-electron chi connectivity index (χ3n) is 5.68. The topological polar surface area (TPSA) is 161 Å². The number of carbonyl (C=O) groups is 5. The van der Waals surface area contributed by atoms with E-state index in [9.17, 15) is 29.1 Å². The Morgan fingerprint density at radius 1 is 0.775 bits per heavy atom. The van der Waals surface area contributed by atoms with Crippen LogP contribution in [-0.4, -0.2) is 72.1 Å². The monoisotopic (exact) mass is 558 g/mol. The largest absolute Gasteiger partial charge is 0.507 e. The van der Waals surface area contributed by atoms with Crippen LogP contribution < -0.4 is 4.74 Å². The number of esters is 4. The van der Waals surface area contributed by atoms with Crippen LogP contribution in [-0.2, 0) is 49.3 Å². The molecule has 0 radical (unpaired) electrons. The van der Waals surface area contributed by atoms with E-state index in [1.54, 1.807) is 24.3 Å². The number of carbonyl (C=O) groups excluding carboxylic acids is 5. The molecule has 0 spiro atoms. The summed E-state index contributed by atoms with van der Waals surface area (Å²) in [5.41, 5.74) is 0.822. The minimum Gasteiger partial charge on any atom is -0.507 e. The molecule has 0 aromatic heterocycles. The van der Waals surface area contributed by atoms with Crippen molar-refractivity contribution in [2.45, 2.75) is 64.8 Å². The van der Waals surface area contributed by atoms with Gasteiger partial charge in [0.2, 0.25) is 12.4 Å². The molecule has 1 N–H and O–H groups in total. The fraction of sp³-hybridized carbons (Fsp3) is 0.393. The van der Waals surface area contributed by atoms with E-state index >= 15 is 0 Å². The molecule has 40 heavy (non-hydrogen) atoms. The van der Waals surface area contributed by atoms with Crippen molar-refractivity contribution < 1.29 is 57.5 Å². The fourth-order valence-electron chi connectivity index (χ4n) is 4.11. The maximum atomic E-state index is 12.7. The van der Waals surface area contributed by atoms with Crippen LogP contribution in [0.1, 0.15) is 43.6 Å². The Hall–Kier alpha value is -4.45. The van der Waals surface area contributed by atoms with Gasteiger partial charge in [0.05, 0.1) is 5.56 Å². The molecular weight excluding hydrogens is 528 g/mol. The molecule has 2 aromatic rings. The molecule has 0 amide bonds. The van der Waals surface area contributed by atoms with Crippen molar-refractivity contribution in [3.63, 3.8) is 0 Å². The second-order valence-electron chi connectivity index (χ2n) is 8.95. The first-order valence-electron chi connectivity index (χ1n) is 12.3. The molecule has 2 aromatic carbocycles. The van der Waals surface area contributed by atoms with E-state index in [1.807, 2.05) is 6.07 Å². The van der Waals surface area contributed by atoms with Gasteiger partial charge in [0, 0.05) is 40.2 Å². The number of phenolic OH excluding ortho intramolecular Hbond substituents is 1. The van der Waals surface area contributed by atoms with E-state index < -0.39 is 61.2 Å². The summed E-state index contributed by atoms with van der Waals surface area (Å²) in [6.07, 6.45) is -6.81. The molecule has 5 atom stereocenters. The van der Waals surface area contributed by atoms with Crippen molar-refractivity contribution in [2.75, 3.05) is 6.61 Å². The molecule has 1 fully saturated rings. The molecule has 1 aliphatic heterocycles. The van der Waals surface area contributed by atoms with Gasteiger partial charge >= 0.3 is 23.9 Å². The molecule has 0 saturated carbocycles. The number of ketones is 1. The first-order valence-corrected chi connectivity index (χ1v) is 12.3. The molecule has 12 heteroatoms. The molecule has 1 saturated heterocycles. The van der Waals surface area contributed by atoms with Crippen molar-refractivity contribution in [3.05, 3.63) is 59.7 Å². The maximum absolute atomic E-state index is 12.7. The van der Waals surface area contributed by atoms with Crippen molar-refractivity contribution in [1.29, 1.82) is 0 Å². The number of hydrogen-bond donors (Lipinski definition) is 1. The summed E-state index contributed by atoms with van der Waals surface area (Å²) in [7, 11) is 0. The molecule has 1 heterocycles. The highest BCUT2D eigenvalue weighted by Crippen LogP contribution is 2.32. The zero-order valence-electron chi connectivity index (χ0n) is 22.4. The first kappa shape index (κ1) is 30.1. The van der Waals surface area contributed by atoms with Crippen LogP contribution in [0.25, 0.3) is 0 Å². The van der Waals surface area contributed by atoms with Gasteiger partial charge in [-0.1, -0.05) is 30.3 Å². The third kappa shape index (κ3) is 8.27. The van der Waals surface area contributed by atoms with Gasteiger partial charge in [-0.15, -0.1) is 0 Å². The Labute approximate surface area is 230 Å². The number of aromatic hydroxyl groups is 1. The molecule has 214 valence electrons. The minimum absolute atomic E-state index is 0.00895. The predicted octanol–water partition coefficient (Wildman–Crippen LogP) is 2.28. The molecule has 0 aliphatic carbocycles. The van der Waals surface area contributed by atoms with Crippen LogP contribution in [0.5, 0.6) is 11.5 Å². The lowest BCUT2D eigenvalue weighted by molar-refractivity contribution is -0.288. The number of phenols is 1. The molecule has 0 unspecified atom stereocenters. The minimum atomic E-state index is -1.48. The van der Waals surface area contributed by atoms with E-state index in [4.69, 9.17) is 28.4 Å². The highest BCUT2D eigenvalue weighted by molar-refractivity contribution is 6.00. The zero-order chi connectivity index (χ0) is 29.4. The van der Waals surface area contributed by atoms with Crippen molar-refractivity contribution in [1.82, 2.24) is 0 Å². The Morgan fingerprint density at radius 2 is 1.38 bits per heavy atom. The van der Waals surface area contributed by atoms with Crippen LogP contribution in [0.15, 0.2) is 48.5 Å². The number of benzene rings is 2. The van der Waals surface area contributed by atoms with Gasteiger partial charge in [-0.2, -0.15) is 0 Å². The average Bonchev–Trinajstić information content (AvgIpc) is 2.86. The lowest BCUT2D eigenvalue weighted by Gasteiger charge is -2.43. The SMILES string of the molecule is CC(=O)OC[C@@H]1O[C@H](Oc2ccc(C(=O)Cc3ccccc3)c(O)c2)[C@H](OC(C)=O)[C@H](OC(C)=O)[C@@H]1OC(C)=O. The van der Waals surface area contributed by atoms with Gasteiger partial charge in [0.1, 0.15) is 24.2 Å². The molecular formula is C28H30O12. The predicted molar refractivity (Wildman–Crippen MR) is 135 cm³/mol. The Morgan fingerprint density at radius 3 is 1.95 bits per heavy atom. The van der Waals surface area contributed by atoms with Gasteiger partial charge in [-0.05, 0) is 17.7 Å². The standard InChI is InChI=1S/C28H30O12/c1-15(29)35-14-24-25(36-16(2)30)26(37-17(3)31)27(38-18(4)32)28(40-24)39-20-10-11-21(23(34)13-20)22(33)12-19-8-6-5-7-9-19/h5-11,13,24-28,34H,12,14H2,1-4H3/t24-,25+,26+,27+,28-/m0/s1. The quantitative estimate of drug-likeness (QED) is 0.258. The van der Waals surface area contributed by atoms with Crippen LogP contribution >= 0.6 is 0 Å². The van der Waals surface area contributed by atoms with Crippen molar-refractivity contribution >= 4 is 29.7 Å². The molecule has 0 bridgehead atoms. The highest BCUT2D eigenvalue weighted by atomic mass is 16.7. The fourth-order valence-corrected chi connectivity index (χ4v) is 4.11. The van der Waals surface area contributed by atoms with Gasteiger partial charge in [-0.25, -0.2) is 0 Å². The van der Waals surface area contributed by atoms with E-state index in [-0.39, 0.29) is 29.3 Å². The van der Waals surface area contributed by atoms with Gasteiger partial charge in [0.15, 0.2) is 18.0 Å². The van der Waals surface area contributed by atoms with E-state index in [0.717, 1.165) is 33.3 Å². The number of hydrogen-bond acceptors (Lipinski definition) is 12. The van der Waals surface area contributed by atoms with Crippen LogP contribution in [0, 0.1) is 0 Å². The second kappa shape index (κ2) is 13.6. The van der Waals surface area contributed by atoms with Crippen LogP contribution in [0.4, 0.5) is 0 Å². The number of ether oxygens (including phenoxy) is 6. The number of Topliss-reactive ketones (excluding diaryl/α,β-unsaturated/α-hetero) is 1. The lowest BCUT2D eigenvalue weighted by Crippen LogP contribution is -2.63. The average molecular weight is 559 g/mol. The summed E-state index contributed by atoms with van der Waals surface area (Å²) in [5, 5.41) is 10.6. The first-order chi connectivity index (χ1) is 18.9. The Bertz CT molecular complexity index is 1240. The van der Waals surface area contributed by atoms with Crippen molar-refractivity contribution in [3.8, 4) is 11.5 Å². The smallest absolute Gasteiger partial charge is 0.303 e. The van der Waals surface area contributed by atoms with Crippen LogP contribution in [0.3, 0.4) is 0 Å². The summed E-state index contributed by atoms with van der Waals surface area (Å²) in [6, 6.07) is 12.9. The van der Waals surface area contributed by atoms with Crippen LogP contribution in [0.2, 0.25) is 0 Å². The summed E-state index contributed by atoms with van der Waals surface area (Å²) in [4.78, 5) is 60.0. The zero-order valence-corrected chi connectivity index (χ0v) is 22.4. The lowest BCUT2D eigenvalue weighted by atomic mass is 9.98. The Balaban J connectivity index is 1.91. The Kier molecular flexibility index (Phi) is 10.2. The second-order valence-corrected chi connectivity index (χ2v) is 8.95. The van der Waals surface area contributed by atoms with Gasteiger partial charge in [-0.3, -0.25) is 24.0 Å². The van der Waals surface area contributed by atoms with Gasteiger partial charge in [0.25, 0.3) is 0 Å². The van der Waals surface area contributed by atoms with E-state index in [2.05, 4.69) is 0 Å². The van der Waals surface area contributed by atoms with E-state index in [0.29, 0.717) is 0 Å². The number of rotatable bonds is 10. The summed E-state index contributed by atoms with van der Waals surface area (Å²) >= 11 is 0. The molecule has 3 rings (SSSR count). The van der Waals surface area contributed by atoms with E-state index in [1.165, 1.54) is 18.2 Å². The molecule has 1 aliphatic rings. The normalized spacial score (nSPS) is 21.9. The summed E-state index contributed by atoms with van der Waals surface area (Å²) in [6.45, 7) is 4.06. The summed E-state index contributed by atoms with van der Waals surface area (Å²) < 4.78 is 32.8. The molecule has 12 nitrogen and oxygen atoms in total. The maximum Gasteiger partial charge on any atom is 0.303 e. The van der Waals surface area contributed by atoms with Gasteiger partial charge < -0.3 is 33.5 Å². The summed E-state index contributed by atoms with van der Waals surface area (Å²) in [5.74, 6) is -3.69. The van der Waals surface area contributed by atoms with Crippen molar-refractivity contribution in [2.24, 2.45) is 0 Å². The third-order valence-corrected chi connectivity index (χ3v) is 5.68.